The summed E-state index contributed by atoms with van der Waals surface area (Å²) < 4.78 is 6.15. The first-order chi connectivity index (χ1) is 9.15. The third-order valence-corrected chi connectivity index (χ3v) is 3.77. The summed E-state index contributed by atoms with van der Waals surface area (Å²) in [5.41, 5.74) is 0. The van der Waals surface area contributed by atoms with Gasteiger partial charge in [0.05, 0.1) is 10.9 Å². The summed E-state index contributed by atoms with van der Waals surface area (Å²) in [6.07, 6.45) is 0. The van der Waals surface area contributed by atoms with E-state index in [9.17, 15) is 4.79 Å². The van der Waals surface area contributed by atoms with Gasteiger partial charge >= 0.3 is 0 Å². The van der Waals surface area contributed by atoms with Crippen LogP contribution >= 0.6 is 22.9 Å². The van der Waals surface area contributed by atoms with Gasteiger partial charge < -0.3 is 9.64 Å². The lowest BCUT2D eigenvalue weighted by molar-refractivity contribution is -0.132. The van der Waals surface area contributed by atoms with Gasteiger partial charge in [-0.1, -0.05) is 29.8 Å². The molecule has 0 unspecified atom stereocenters. The van der Waals surface area contributed by atoms with Crippen molar-refractivity contribution in [1.29, 1.82) is 0 Å². The van der Waals surface area contributed by atoms with E-state index in [1.54, 1.807) is 11.9 Å². The Morgan fingerprint density at radius 2 is 2.00 bits per heavy atom. The summed E-state index contributed by atoms with van der Waals surface area (Å²) >= 11 is 7.33. The van der Waals surface area contributed by atoms with Crippen LogP contribution in [0, 0.1) is 0 Å². The van der Waals surface area contributed by atoms with Gasteiger partial charge in [0.25, 0.3) is 5.91 Å². The first-order valence-corrected chi connectivity index (χ1v) is 7.00. The van der Waals surface area contributed by atoms with Gasteiger partial charge in [-0.15, -0.1) is 11.3 Å². The van der Waals surface area contributed by atoms with Crippen molar-refractivity contribution in [1.82, 2.24) is 4.90 Å². The maximum absolute atomic E-state index is 11.9. The molecule has 0 spiro atoms. The van der Waals surface area contributed by atoms with Gasteiger partial charge in [0.2, 0.25) is 0 Å². The summed E-state index contributed by atoms with van der Waals surface area (Å²) in [6, 6.07) is 13.1. The minimum atomic E-state index is -0.0617. The number of amides is 1. The van der Waals surface area contributed by atoms with Gasteiger partial charge in [-0.3, -0.25) is 4.79 Å². The Bertz CT molecular complexity index is 541. The molecule has 0 saturated carbocycles. The summed E-state index contributed by atoms with van der Waals surface area (Å²) in [5.74, 6) is 0.636. The number of ether oxygens (including phenoxy) is 1. The summed E-state index contributed by atoms with van der Waals surface area (Å²) in [4.78, 5) is 14.6. The van der Waals surface area contributed by atoms with E-state index in [4.69, 9.17) is 16.3 Å². The molecular weight excluding hydrogens is 282 g/mol. The molecule has 0 fully saturated rings. The molecule has 3 nitrogen and oxygen atoms in total. The Hall–Kier alpha value is -1.52. The molecule has 19 heavy (non-hydrogen) atoms. The highest BCUT2D eigenvalue weighted by Crippen LogP contribution is 2.22. The highest BCUT2D eigenvalue weighted by atomic mass is 35.5. The van der Waals surface area contributed by atoms with E-state index in [0.717, 1.165) is 9.21 Å². The smallest absolute Gasteiger partial charge is 0.260 e. The predicted octanol–water partition coefficient (Wildman–Crippen LogP) is 3.44. The molecule has 0 atom stereocenters. The molecule has 1 heterocycles. The van der Waals surface area contributed by atoms with Crippen LogP contribution in [0.3, 0.4) is 0 Å². The monoisotopic (exact) mass is 295 g/mol. The number of para-hydroxylation sites is 1. The number of benzene rings is 1. The fourth-order valence-corrected chi connectivity index (χ4v) is 2.67. The first-order valence-electron chi connectivity index (χ1n) is 5.81. The minimum Gasteiger partial charge on any atom is -0.484 e. The largest absolute Gasteiger partial charge is 0.484 e. The van der Waals surface area contributed by atoms with Crippen LogP contribution in [0.25, 0.3) is 0 Å². The predicted molar refractivity (Wildman–Crippen MR) is 77.7 cm³/mol. The molecule has 0 radical (unpaired) electrons. The summed E-state index contributed by atoms with van der Waals surface area (Å²) in [7, 11) is 1.75. The van der Waals surface area contributed by atoms with Gasteiger partial charge in [0.1, 0.15) is 5.75 Å². The Labute approximate surface area is 121 Å². The van der Waals surface area contributed by atoms with Crippen LogP contribution in [0.1, 0.15) is 4.88 Å². The van der Waals surface area contributed by atoms with Gasteiger partial charge in [0.15, 0.2) is 6.61 Å². The number of carbonyl (C=O) groups excluding carboxylic acids is 1. The molecule has 2 aromatic rings. The lowest BCUT2D eigenvalue weighted by Crippen LogP contribution is -2.30. The molecule has 100 valence electrons. The van der Waals surface area contributed by atoms with E-state index in [2.05, 4.69) is 0 Å². The summed E-state index contributed by atoms with van der Waals surface area (Å²) in [6.45, 7) is 0.591. The highest BCUT2D eigenvalue weighted by Gasteiger charge is 2.11. The van der Waals surface area contributed by atoms with E-state index in [0.29, 0.717) is 12.3 Å². The Morgan fingerprint density at radius 3 is 2.63 bits per heavy atom. The fourth-order valence-electron chi connectivity index (χ4n) is 1.53. The zero-order valence-corrected chi connectivity index (χ0v) is 12.1. The number of hydrogen-bond acceptors (Lipinski definition) is 3. The summed E-state index contributed by atoms with van der Waals surface area (Å²) in [5, 5.41) is 0. The lowest BCUT2D eigenvalue weighted by Gasteiger charge is -2.16. The maximum Gasteiger partial charge on any atom is 0.260 e. The van der Waals surface area contributed by atoms with Crippen molar-refractivity contribution < 1.29 is 9.53 Å². The van der Waals surface area contributed by atoms with Crippen molar-refractivity contribution in [3.63, 3.8) is 0 Å². The average molecular weight is 296 g/mol. The topological polar surface area (TPSA) is 29.5 Å². The number of rotatable bonds is 5. The third-order valence-electron chi connectivity index (χ3n) is 2.55. The zero-order chi connectivity index (χ0) is 13.7. The average Bonchev–Trinajstić information content (AvgIpc) is 2.82. The van der Waals surface area contributed by atoms with Crippen molar-refractivity contribution >= 4 is 28.8 Å². The number of nitrogens with zero attached hydrogens (tertiary/aromatic N) is 1. The molecule has 1 amide bonds. The zero-order valence-electron chi connectivity index (χ0n) is 10.5. The molecule has 0 aliphatic heterocycles. The van der Waals surface area contributed by atoms with Crippen LogP contribution in [0.15, 0.2) is 42.5 Å². The normalized spacial score (nSPS) is 10.2. The Morgan fingerprint density at radius 1 is 1.26 bits per heavy atom. The maximum atomic E-state index is 11.9. The van der Waals surface area contributed by atoms with Crippen molar-refractivity contribution in [2.75, 3.05) is 13.7 Å². The number of likely N-dealkylation sites (N-methyl/N-ethyl adjacent to an activating group) is 1. The van der Waals surface area contributed by atoms with Crippen LogP contribution in [-0.4, -0.2) is 24.5 Å². The van der Waals surface area contributed by atoms with Gasteiger partial charge in [-0.2, -0.15) is 0 Å². The van der Waals surface area contributed by atoms with Crippen molar-refractivity contribution in [2.45, 2.75) is 6.54 Å². The van der Waals surface area contributed by atoms with Crippen molar-refractivity contribution in [3.8, 4) is 5.75 Å². The molecule has 0 N–H and O–H groups in total. The SMILES string of the molecule is CN(Cc1ccc(Cl)s1)C(=O)COc1ccccc1. The van der Waals surface area contributed by atoms with Crippen LogP contribution < -0.4 is 4.74 Å². The van der Waals surface area contributed by atoms with E-state index in [-0.39, 0.29) is 12.5 Å². The number of carbonyl (C=O) groups is 1. The standard InChI is InChI=1S/C14H14ClNO2S/c1-16(9-12-7-8-13(15)19-12)14(17)10-18-11-5-3-2-4-6-11/h2-8H,9-10H2,1H3. The van der Waals surface area contributed by atoms with Crippen LogP contribution in [0.4, 0.5) is 0 Å². The quantitative estimate of drug-likeness (QED) is 0.846. The number of halogens is 1. The van der Waals surface area contributed by atoms with Crippen molar-refractivity contribution in [2.24, 2.45) is 0 Å². The van der Waals surface area contributed by atoms with Gasteiger partial charge in [0, 0.05) is 11.9 Å². The van der Waals surface area contributed by atoms with Crippen molar-refractivity contribution in [3.05, 3.63) is 51.7 Å². The third kappa shape index (κ3) is 4.26. The highest BCUT2D eigenvalue weighted by molar-refractivity contribution is 7.16. The first kappa shape index (κ1) is 13.9. The van der Waals surface area contributed by atoms with E-state index in [1.807, 2.05) is 42.5 Å². The molecule has 1 aromatic carbocycles. The van der Waals surface area contributed by atoms with Crippen LogP contribution in [0.5, 0.6) is 5.75 Å². The Kier molecular flexibility index (Phi) is 4.82. The van der Waals surface area contributed by atoms with E-state index >= 15 is 0 Å². The molecule has 5 heteroatoms. The molecule has 2 rings (SSSR count). The fraction of sp³-hybridized carbons (Fsp3) is 0.214. The minimum absolute atomic E-state index is 0.0413. The number of hydrogen-bond donors (Lipinski definition) is 0. The van der Waals surface area contributed by atoms with Gasteiger partial charge in [-0.25, -0.2) is 0 Å². The molecule has 0 bridgehead atoms. The second kappa shape index (κ2) is 6.59. The molecule has 0 saturated heterocycles. The molecule has 1 aromatic heterocycles. The second-order valence-corrected chi connectivity index (χ2v) is 5.86. The molecule has 0 aliphatic carbocycles. The molecule has 0 aliphatic rings. The Balaban J connectivity index is 1.82. The van der Waals surface area contributed by atoms with E-state index < -0.39 is 0 Å². The number of thiophene rings is 1. The van der Waals surface area contributed by atoms with Gasteiger partial charge in [-0.05, 0) is 24.3 Å². The van der Waals surface area contributed by atoms with E-state index in [1.165, 1.54) is 11.3 Å². The van der Waals surface area contributed by atoms with Crippen LogP contribution in [0.2, 0.25) is 4.34 Å². The lowest BCUT2D eigenvalue weighted by atomic mass is 10.3. The van der Waals surface area contributed by atoms with Crippen LogP contribution in [-0.2, 0) is 11.3 Å². The molecular formula is C14H14ClNO2S. The second-order valence-electron chi connectivity index (χ2n) is 4.06.